The zero-order valence-electron chi connectivity index (χ0n) is 10.5. The summed E-state index contributed by atoms with van der Waals surface area (Å²) in [7, 11) is 0. The maximum Gasteiger partial charge on any atom is 0.293 e. The summed E-state index contributed by atoms with van der Waals surface area (Å²) in [4.78, 5) is 16.1. The van der Waals surface area contributed by atoms with Gasteiger partial charge in [-0.05, 0) is 45.6 Å². The van der Waals surface area contributed by atoms with Crippen LogP contribution in [0.4, 0.5) is 0 Å². The fourth-order valence-corrected chi connectivity index (χ4v) is 2.53. The molecule has 1 amide bonds. The Morgan fingerprint density at radius 3 is 2.94 bits per heavy atom. The van der Waals surface area contributed by atoms with Gasteiger partial charge in [0.05, 0.1) is 6.04 Å². The molecule has 2 N–H and O–H groups in total. The largest absolute Gasteiger partial charge is 0.344 e. The topological polar surface area (TPSA) is 80.0 Å². The van der Waals surface area contributed by atoms with E-state index in [2.05, 4.69) is 20.8 Å². The van der Waals surface area contributed by atoms with Gasteiger partial charge in [-0.3, -0.25) is 4.79 Å². The summed E-state index contributed by atoms with van der Waals surface area (Å²) in [6.07, 6.45) is 5.30. The molecular weight excluding hydrogens is 232 g/mol. The number of hydrogen-bond donors (Lipinski definition) is 2. The number of carbonyl (C=O) groups is 1. The summed E-state index contributed by atoms with van der Waals surface area (Å²) in [6, 6.07) is 0.110. The van der Waals surface area contributed by atoms with Crippen molar-refractivity contribution in [1.29, 1.82) is 0 Å². The third-order valence-corrected chi connectivity index (χ3v) is 3.88. The van der Waals surface area contributed by atoms with Crippen LogP contribution in [0.15, 0.2) is 4.52 Å². The fraction of sp³-hybridized carbons (Fsp3) is 0.750. The van der Waals surface area contributed by atoms with Crippen molar-refractivity contribution in [3.63, 3.8) is 0 Å². The Morgan fingerprint density at radius 1 is 1.50 bits per heavy atom. The SMILES string of the molecule is CC1(NC(=O)c2noc(C3CCCN3)n2)CCC1. The molecule has 2 heterocycles. The van der Waals surface area contributed by atoms with Crippen molar-refractivity contribution < 1.29 is 9.32 Å². The first kappa shape index (κ1) is 11.6. The van der Waals surface area contributed by atoms with Crippen LogP contribution >= 0.6 is 0 Å². The van der Waals surface area contributed by atoms with Crippen molar-refractivity contribution in [2.24, 2.45) is 0 Å². The van der Waals surface area contributed by atoms with Gasteiger partial charge in [-0.2, -0.15) is 4.98 Å². The molecule has 3 rings (SSSR count). The Hall–Kier alpha value is -1.43. The number of carbonyl (C=O) groups excluding carboxylic acids is 1. The highest BCUT2D eigenvalue weighted by molar-refractivity contribution is 5.90. The van der Waals surface area contributed by atoms with E-state index < -0.39 is 0 Å². The van der Waals surface area contributed by atoms with Gasteiger partial charge in [0.25, 0.3) is 11.7 Å². The van der Waals surface area contributed by atoms with Gasteiger partial charge in [0.15, 0.2) is 0 Å². The highest BCUT2D eigenvalue weighted by atomic mass is 16.5. The summed E-state index contributed by atoms with van der Waals surface area (Å²) in [5.74, 6) is 0.438. The van der Waals surface area contributed by atoms with E-state index in [1.165, 1.54) is 6.42 Å². The number of rotatable bonds is 3. The molecule has 1 atom stereocenters. The van der Waals surface area contributed by atoms with Gasteiger partial charge >= 0.3 is 0 Å². The van der Waals surface area contributed by atoms with Crippen LogP contribution in [0.5, 0.6) is 0 Å². The van der Waals surface area contributed by atoms with E-state index in [0.717, 1.165) is 32.2 Å². The Bertz CT molecular complexity index is 447. The molecule has 0 radical (unpaired) electrons. The van der Waals surface area contributed by atoms with Crippen LogP contribution in [0.3, 0.4) is 0 Å². The van der Waals surface area contributed by atoms with Gasteiger partial charge in [0.1, 0.15) is 0 Å². The number of nitrogens with zero attached hydrogens (tertiary/aromatic N) is 2. The average Bonchev–Trinajstić information content (AvgIpc) is 2.97. The lowest BCUT2D eigenvalue weighted by Crippen LogP contribution is -2.51. The number of nitrogens with one attached hydrogen (secondary N) is 2. The van der Waals surface area contributed by atoms with E-state index >= 15 is 0 Å². The first-order valence-electron chi connectivity index (χ1n) is 6.56. The lowest BCUT2D eigenvalue weighted by molar-refractivity contribution is 0.0836. The molecule has 1 saturated carbocycles. The summed E-state index contributed by atoms with van der Waals surface area (Å²) < 4.78 is 5.15. The van der Waals surface area contributed by atoms with Crippen LogP contribution in [0.25, 0.3) is 0 Å². The van der Waals surface area contributed by atoms with E-state index in [-0.39, 0.29) is 23.3 Å². The van der Waals surface area contributed by atoms with E-state index in [9.17, 15) is 4.79 Å². The summed E-state index contributed by atoms with van der Waals surface area (Å²) in [6.45, 7) is 3.01. The Labute approximate surface area is 106 Å². The Balaban J connectivity index is 1.66. The van der Waals surface area contributed by atoms with Crippen molar-refractivity contribution >= 4 is 5.91 Å². The predicted octanol–water partition coefficient (Wildman–Crippen LogP) is 1.17. The van der Waals surface area contributed by atoms with Crippen molar-refractivity contribution in [1.82, 2.24) is 20.8 Å². The molecule has 0 spiro atoms. The van der Waals surface area contributed by atoms with E-state index in [1.807, 2.05) is 6.92 Å². The highest BCUT2D eigenvalue weighted by Crippen LogP contribution is 2.31. The van der Waals surface area contributed by atoms with Gasteiger partial charge in [-0.15, -0.1) is 0 Å². The van der Waals surface area contributed by atoms with Crippen LogP contribution in [0.2, 0.25) is 0 Å². The summed E-state index contributed by atoms with van der Waals surface area (Å²) >= 11 is 0. The molecular formula is C12H18N4O2. The lowest BCUT2D eigenvalue weighted by atomic mass is 9.78. The van der Waals surface area contributed by atoms with E-state index in [1.54, 1.807) is 0 Å². The highest BCUT2D eigenvalue weighted by Gasteiger charge is 2.35. The van der Waals surface area contributed by atoms with Crippen molar-refractivity contribution in [3.05, 3.63) is 11.7 Å². The Morgan fingerprint density at radius 2 is 2.33 bits per heavy atom. The van der Waals surface area contributed by atoms with Crippen LogP contribution in [-0.4, -0.2) is 28.1 Å². The first-order valence-corrected chi connectivity index (χ1v) is 6.56. The fourth-order valence-electron chi connectivity index (χ4n) is 2.53. The molecule has 1 aromatic heterocycles. The standard InChI is InChI=1S/C12H18N4O2/c1-12(5-3-6-12)15-10(17)9-14-11(18-16-9)8-4-2-7-13-8/h8,13H,2-7H2,1H3,(H,15,17). The monoisotopic (exact) mass is 250 g/mol. The minimum atomic E-state index is -0.231. The quantitative estimate of drug-likeness (QED) is 0.841. The molecule has 2 fully saturated rings. The third kappa shape index (κ3) is 2.12. The molecule has 98 valence electrons. The maximum atomic E-state index is 12.0. The molecule has 1 saturated heterocycles. The van der Waals surface area contributed by atoms with Gasteiger partial charge < -0.3 is 15.2 Å². The molecule has 6 heteroatoms. The zero-order valence-corrected chi connectivity index (χ0v) is 10.5. The lowest BCUT2D eigenvalue weighted by Gasteiger charge is -2.38. The van der Waals surface area contributed by atoms with Gasteiger partial charge in [0, 0.05) is 5.54 Å². The minimum Gasteiger partial charge on any atom is -0.344 e. The smallest absolute Gasteiger partial charge is 0.293 e. The molecule has 0 bridgehead atoms. The second-order valence-electron chi connectivity index (χ2n) is 5.47. The molecule has 0 aromatic carbocycles. The molecule has 1 aliphatic carbocycles. The number of amides is 1. The zero-order chi connectivity index (χ0) is 12.6. The minimum absolute atomic E-state index is 0.0799. The van der Waals surface area contributed by atoms with E-state index in [0.29, 0.717) is 5.89 Å². The second kappa shape index (κ2) is 4.35. The van der Waals surface area contributed by atoms with Crippen LogP contribution in [0.1, 0.15) is 61.6 Å². The van der Waals surface area contributed by atoms with Crippen LogP contribution < -0.4 is 10.6 Å². The molecule has 6 nitrogen and oxygen atoms in total. The first-order chi connectivity index (χ1) is 8.66. The number of hydrogen-bond acceptors (Lipinski definition) is 5. The van der Waals surface area contributed by atoms with Gasteiger partial charge in [0.2, 0.25) is 5.89 Å². The number of aromatic nitrogens is 2. The van der Waals surface area contributed by atoms with Gasteiger partial charge in [-0.1, -0.05) is 5.16 Å². The normalized spacial score (nSPS) is 25.7. The molecule has 18 heavy (non-hydrogen) atoms. The van der Waals surface area contributed by atoms with Crippen LogP contribution in [-0.2, 0) is 0 Å². The Kier molecular flexibility index (Phi) is 2.81. The third-order valence-electron chi connectivity index (χ3n) is 3.88. The molecule has 2 aliphatic rings. The van der Waals surface area contributed by atoms with Gasteiger partial charge in [-0.25, -0.2) is 0 Å². The maximum absolute atomic E-state index is 12.0. The summed E-state index contributed by atoms with van der Waals surface area (Å²) in [5, 5.41) is 10.0. The summed E-state index contributed by atoms with van der Waals surface area (Å²) in [5.41, 5.74) is -0.0799. The second-order valence-corrected chi connectivity index (χ2v) is 5.47. The average molecular weight is 250 g/mol. The molecule has 1 aromatic rings. The van der Waals surface area contributed by atoms with Crippen molar-refractivity contribution in [2.45, 2.75) is 50.6 Å². The predicted molar refractivity (Wildman–Crippen MR) is 64.0 cm³/mol. The molecule has 1 unspecified atom stereocenters. The van der Waals surface area contributed by atoms with Crippen LogP contribution in [0, 0.1) is 0 Å². The van der Waals surface area contributed by atoms with E-state index in [4.69, 9.17) is 4.52 Å². The van der Waals surface area contributed by atoms with Crippen molar-refractivity contribution in [3.8, 4) is 0 Å². The van der Waals surface area contributed by atoms with Crippen molar-refractivity contribution in [2.75, 3.05) is 6.54 Å². The molecule has 1 aliphatic heterocycles.